The molecule has 0 atom stereocenters. The minimum Gasteiger partial charge on any atom is -0.371 e. The molecular formula is C25H27FN6. The number of rotatable bonds is 5. The Morgan fingerprint density at radius 1 is 0.938 bits per heavy atom. The zero-order valence-electron chi connectivity index (χ0n) is 18.5. The minimum atomic E-state index is -0.194. The van der Waals surface area contributed by atoms with Crippen LogP contribution in [-0.2, 0) is 13.0 Å². The van der Waals surface area contributed by atoms with Crippen LogP contribution >= 0.6 is 0 Å². The molecule has 1 saturated heterocycles. The largest absolute Gasteiger partial charge is 0.371 e. The van der Waals surface area contributed by atoms with Crippen molar-refractivity contribution in [1.29, 1.82) is 0 Å². The lowest BCUT2D eigenvalue weighted by atomic mass is 10.1. The third kappa shape index (κ3) is 3.84. The topological polar surface area (TPSA) is 57.2 Å². The fraction of sp³-hybridized carbons (Fsp3) is 0.320. The van der Waals surface area contributed by atoms with Crippen LogP contribution in [0, 0.1) is 5.82 Å². The molecule has 1 fully saturated rings. The maximum atomic E-state index is 15.1. The molecule has 0 unspecified atom stereocenters. The number of hydrogen-bond acceptors (Lipinski definition) is 6. The van der Waals surface area contributed by atoms with Crippen molar-refractivity contribution in [1.82, 2.24) is 19.9 Å². The highest BCUT2D eigenvalue weighted by Crippen LogP contribution is 2.26. The lowest BCUT2D eigenvalue weighted by Crippen LogP contribution is -2.46. The van der Waals surface area contributed by atoms with Gasteiger partial charge in [-0.15, -0.1) is 0 Å². The summed E-state index contributed by atoms with van der Waals surface area (Å²) in [5, 5.41) is 5.03. The van der Waals surface area contributed by atoms with E-state index in [2.05, 4.69) is 43.1 Å². The van der Waals surface area contributed by atoms with Crippen LogP contribution in [0.5, 0.6) is 0 Å². The Labute approximate surface area is 187 Å². The van der Waals surface area contributed by atoms with Crippen LogP contribution in [0.15, 0.2) is 48.9 Å². The summed E-state index contributed by atoms with van der Waals surface area (Å²) in [6.07, 6.45) is 6.39. The van der Waals surface area contributed by atoms with Gasteiger partial charge in [0.1, 0.15) is 11.0 Å². The second-order valence-corrected chi connectivity index (χ2v) is 8.25. The molecule has 0 radical (unpaired) electrons. The third-order valence-corrected chi connectivity index (χ3v) is 6.29. The Balaban J connectivity index is 1.28. The minimum absolute atomic E-state index is 0.194. The van der Waals surface area contributed by atoms with Gasteiger partial charge in [-0.1, -0.05) is 19.1 Å². The average Bonchev–Trinajstić information content (AvgIpc) is 2.85. The van der Waals surface area contributed by atoms with Crippen molar-refractivity contribution in [3.05, 3.63) is 65.9 Å². The Hall–Kier alpha value is -3.32. The quantitative estimate of drug-likeness (QED) is 0.511. The number of anilines is 2. The van der Waals surface area contributed by atoms with Gasteiger partial charge in [0, 0.05) is 68.5 Å². The smallest absolute Gasteiger partial charge is 0.153 e. The first-order valence-corrected chi connectivity index (χ1v) is 11.1. The van der Waals surface area contributed by atoms with Crippen LogP contribution in [0.4, 0.5) is 15.9 Å². The normalized spacial score (nSPS) is 14.9. The van der Waals surface area contributed by atoms with Gasteiger partial charge in [0.15, 0.2) is 11.6 Å². The summed E-state index contributed by atoms with van der Waals surface area (Å²) in [4.78, 5) is 18.0. The van der Waals surface area contributed by atoms with Crippen molar-refractivity contribution in [2.75, 3.05) is 43.4 Å². The molecule has 0 amide bonds. The Morgan fingerprint density at radius 3 is 2.50 bits per heavy atom. The van der Waals surface area contributed by atoms with Crippen LogP contribution in [0.2, 0.25) is 0 Å². The summed E-state index contributed by atoms with van der Waals surface area (Å²) in [5.41, 5.74) is 4.29. The van der Waals surface area contributed by atoms with Crippen molar-refractivity contribution in [3.8, 4) is 0 Å². The van der Waals surface area contributed by atoms with E-state index in [1.54, 1.807) is 12.4 Å². The number of halogens is 1. The number of nitrogens with zero attached hydrogens (tertiary/aromatic N) is 5. The van der Waals surface area contributed by atoms with E-state index >= 15 is 4.39 Å². The standard InChI is InChI=1S/C25H27FN6/c1-3-17-12-18-4-5-20(22(26)23(18)29-14-17)16-31-8-10-32(11-9-31)21-13-19-6-7-28-25(27-2)24(19)30-15-21/h4-7,12-15H,3,8-11,16H2,1-2H3,(H,27,28). The molecule has 164 valence electrons. The Kier molecular flexibility index (Phi) is 5.57. The van der Waals surface area contributed by atoms with E-state index in [4.69, 9.17) is 0 Å². The van der Waals surface area contributed by atoms with Gasteiger partial charge < -0.3 is 10.2 Å². The van der Waals surface area contributed by atoms with Gasteiger partial charge in [-0.2, -0.15) is 0 Å². The van der Waals surface area contributed by atoms with E-state index in [-0.39, 0.29) is 5.82 Å². The van der Waals surface area contributed by atoms with Gasteiger partial charge in [-0.05, 0) is 30.2 Å². The van der Waals surface area contributed by atoms with Crippen LogP contribution in [0.3, 0.4) is 0 Å². The molecule has 1 aromatic carbocycles. The van der Waals surface area contributed by atoms with E-state index < -0.39 is 0 Å². The molecule has 5 rings (SSSR count). The van der Waals surface area contributed by atoms with Gasteiger partial charge in [0.05, 0.1) is 11.9 Å². The van der Waals surface area contributed by atoms with E-state index in [9.17, 15) is 0 Å². The van der Waals surface area contributed by atoms with E-state index in [0.29, 0.717) is 17.6 Å². The number of aryl methyl sites for hydroxylation is 1. The number of aromatic nitrogens is 3. The molecule has 1 aliphatic rings. The van der Waals surface area contributed by atoms with Crippen LogP contribution in [-0.4, -0.2) is 53.1 Å². The molecule has 6 nitrogen and oxygen atoms in total. The highest BCUT2D eigenvalue weighted by Gasteiger charge is 2.20. The number of fused-ring (bicyclic) bond motifs is 2. The molecule has 0 spiro atoms. The highest BCUT2D eigenvalue weighted by atomic mass is 19.1. The molecule has 32 heavy (non-hydrogen) atoms. The van der Waals surface area contributed by atoms with Crippen molar-refractivity contribution >= 4 is 33.3 Å². The lowest BCUT2D eigenvalue weighted by molar-refractivity contribution is 0.247. The molecule has 0 saturated carbocycles. The zero-order chi connectivity index (χ0) is 22.1. The number of pyridine rings is 3. The maximum Gasteiger partial charge on any atom is 0.153 e. The van der Waals surface area contributed by atoms with Crippen LogP contribution in [0.25, 0.3) is 21.8 Å². The van der Waals surface area contributed by atoms with Crippen molar-refractivity contribution < 1.29 is 4.39 Å². The zero-order valence-corrected chi connectivity index (χ0v) is 18.5. The van der Waals surface area contributed by atoms with Gasteiger partial charge in [-0.25, -0.2) is 9.37 Å². The van der Waals surface area contributed by atoms with E-state index in [0.717, 1.165) is 66.0 Å². The van der Waals surface area contributed by atoms with E-state index in [1.165, 1.54) is 0 Å². The molecule has 1 N–H and O–H groups in total. The molecule has 1 aliphatic heterocycles. The number of nitrogens with one attached hydrogen (secondary N) is 1. The first-order valence-electron chi connectivity index (χ1n) is 11.1. The molecule has 7 heteroatoms. The second kappa shape index (κ2) is 8.67. The number of benzene rings is 1. The predicted octanol–water partition coefficient (Wildman–Crippen LogP) is 4.24. The van der Waals surface area contributed by atoms with Gasteiger partial charge >= 0.3 is 0 Å². The molecule has 0 aliphatic carbocycles. The Bertz CT molecular complexity index is 1270. The summed E-state index contributed by atoms with van der Waals surface area (Å²) in [6, 6.07) is 10.1. The maximum absolute atomic E-state index is 15.1. The van der Waals surface area contributed by atoms with Gasteiger partial charge in [0.25, 0.3) is 0 Å². The third-order valence-electron chi connectivity index (χ3n) is 6.29. The van der Waals surface area contributed by atoms with E-state index in [1.807, 2.05) is 37.5 Å². The molecule has 4 aromatic rings. The first-order chi connectivity index (χ1) is 15.7. The lowest BCUT2D eigenvalue weighted by Gasteiger charge is -2.36. The summed E-state index contributed by atoms with van der Waals surface area (Å²) in [6.45, 7) is 6.18. The highest BCUT2D eigenvalue weighted by molar-refractivity contribution is 5.89. The summed E-state index contributed by atoms with van der Waals surface area (Å²) < 4.78 is 15.1. The summed E-state index contributed by atoms with van der Waals surface area (Å²) in [5.74, 6) is 0.594. The van der Waals surface area contributed by atoms with Crippen molar-refractivity contribution in [3.63, 3.8) is 0 Å². The molecular weight excluding hydrogens is 403 g/mol. The molecule has 0 bridgehead atoms. The van der Waals surface area contributed by atoms with Crippen molar-refractivity contribution in [2.24, 2.45) is 0 Å². The summed E-state index contributed by atoms with van der Waals surface area (Å²) >= 11 is 0. The fourth-order valence-electron chi connectivity index (χ4n) is 4.38. The monoisotopic (exact) mass is 430 g/mol. The second-order valence-electron chi connectivity index (χ2n) is 8.25. The van der Waals surface area contributed by atoms with Gasteiger partial charge in [0.2, 0.25) is 0 Å². The van der Waals surface area contributed by atoms with Crippen LogP contribution < -0.4 is 10.2 Å². The first kappa shape index (κ1) is 20.6. The SMILES string of the molecule is CCc1cnc2c(F)c(CN3CCN(c4cnc5c(NC)nccc5c4)CC3)ccc2c1. The van der Waals surface area contributed by atoms with Crippen LogP contribution in [0.1, 0.15) is 18.1 Å². The fourth-order valence-corrected chi connectivity index (χ4v) is 4.38. The molecule has 4 heterocycles. The average molecular weight is 431 g/mol. The number of piperazine rings is 1. The Morgan fingerprint density at radius 2 is 1.72 bits per heavy atom. The number of hydrogen-bond donors (Lipinski definition) is 1. The summed E-state index contributed by atoms with van der Waals surface area (Å²) in [7, 11) is 1.85. The predicted molar refractivity (Wildman–Crippen MR) is 128 cm³/mol. The van der Waals surface area contributed by atoms with Crippen molar-refractivity contribution in [2.45, 2.75) is 19.9 Å². The molecule has 3 aromatic heterocycles. The van der Waals surface area contributed by atoms with Gasteiger partial charge in [-0.3, -0.25) is 14.9 Å².